The minimum absolute atomic E-state index is 0.457. The maximum absolute atomic E-state index is 12.5. The van der Waals surface area contributed by atoms with Crippen LogP contribution in [0.15, 0.2) is 0 Å². The lowest BCUT2D eigenvalue weighted by molar-refractivity contribution is -0.142. The Balaban J connectivity index is 3.50. The summed E-state index contributed by atoms with van der Waals surface area (Å²) in [6.45, 7) is 3.09. The van der Waals surface area contributed by atoms with Gasteiger partial charge >= 0.3 is 12.1 Å². The van der Waals surface area contributed by atoms with Crippen molar-refractivity contribution < 1.29 is 23.1 Å². The van der Waals surface area contributed by atoms with Gasteiger partial charge in [-0.15, -0.1) is 0 Å². The van der Waals surface area contributed by atoms with Gasteiger partial charge in [-0.05, 0) is 13.8 Å². The minimum atomic E-state index is -4.84. The lowest BCUT2D eigenvalue weighted by Crippen LogP contribution is -2.12. The van der Waals surface area contributed by atoms with Gasteiger partial charge < -0.3 is 5.11 Å². The Bertz CT molecular complexity index is 426. The molecule has 0 saturated heterocycles. The third kappa shape index (κ3) is 2.13. The molecule has 1 N–H and O–H groups in total. The first-order valence-electron chi connectivity index (χ1n) is 4.24. The first kappa shape index (κ1) is 12.8. The largest absolute Gasteiger partial charge is 0.478 e. The van der Waals surface area contributed by atoms with E-state index < -0.39 is 34.6 Å². The number of carbonyl (C=O) groups is 1. The summed E-state index contributed by atoms with van der Waals surface area (Å²) in [4.78, 5) is 10.7. The lowest BCUT2D eigenvalue weighted by atomic mass is 10.2. The SMILES string of the molecule is CC(C)n1nc(C(F)(F)F)c(C(=O)O)c1Cl. The summed E-state index contributed by atoms with van der Waals surface area (Å²) in [6.07, 6.45) is -4.84. The number of halogens is 4. The summed E-state index contributed by atoms with van der Waals surface area (Å²) in [6, 6.07) is -0.457. The molecule has 0 aliphatic carbocycles. The zero-order valence-corrected chi connectivity index (χ0v) is 9.10. The second kappa shape index (κ2) is 3.97. The van der Waals surface area contributed by atoms with E-state index in [1.807, 2.05) is 0 Å². The van der Waals surface area contributed by atoms with Gasteiger partial charge in [-0.25, -0.2) is 4.79 Å². The molecule has 0 unspecified atom stereocenters. The van der Waals surface area contributed by atoms with Crippen LogP contribution in [0.2, 0.25) is 5.15 Å². The predicted octanol–water partition coefficient (Wildman–Crippen LogP) is 2.83. The number of alkyl halides is 3. The number of carboxylic acid groups (broad SMARTS) is 1. The molecule has 1 aromatic heterocycles. The van der Waals surface area contributed by atoms with Gasteiger partial charge in [0.15, 0.2) is 5.69 Å². The summed E-state index contributed by atoms with van der Waals surface area (Å²) in [5.41, 5.74) is -2.48. The molecular weight excluding hydrogens is 249 g/mol. The van der Waals surface area contributed by atoms with Crippen LogP contribution in [0.4, 0.5) is 13.2 Å². The molecule has 0 radical (unpaired) electrons. The Morgan fingerprint density at radius 3 is 2.25 bits per heavy atom. The quantitative estimate of drug-likeness (QED) is 0.885. The Kier molecular flexibility index (Phi) is 3.18. The Morgan fingerprint density at radius 1 is 1.50 bits per heavy atom. The number of carboxylic acids is 1. The van der Waals surface area contributed by atoms with Gasteiger partial charge in [0.25, 0.3) is 0 Å². The molecule has 0 atom stereocenters. The molecule has 4 nitrogen and oxygen atoms in total. The smallest absolute Gasteiger partial charge is 0.436 e. The maximum Gasteiger partial charge on any atom is 0.436 e. The van der Waals surface area contributed by atoms with Crippen molar-refractivity contribution in [2.45, 2.75) is 26.1 Å². The molecule has 1 rings (SSSR count). The van der Waals surface area contributed by atoms with Crippen LogP contribution in [-0.2, 0) is 6.18 Å². The van der Waals surface area contributed by atoms with E-state index in [0.717, 1.165) is 4.68 Å². The number of hydrogen-bond donors (Lipinski definition) is 1. The molecule has 8 heteroatoms. The van der Waals surface area contributed by atoms with Crippen molar-refractivity contribution in [3.05, 3.63) is 16.4 Å². The first-order chi connectivity index (χ1) is 7.16. The summed E-state index contributed by atoms with van der Waals surface area (Å²) in [7, 11) is 0. The fourth-order valence-corrected chi connectivity index (χ4v) is 1.55. The summed E-state index contributed by atoms with van der Waals surface area (Å²) in [5, 5.41) is 11.3. The van der Waals surface area contributed by atoms with E-state index in [4.69, 9.17) is 16.7 Å². The summed E-state index contributed by atoms with van der Waals surface area (Å²) >= 11 is 5.55. The zero-order valence-electron chi connectivity index (χ0n) is 8.34. The Labute approximate surface area is 93.6 Å². The standard InChI is InChI=1S/C8H8ClF3N2O2/c1-3(2)14-6(9)4(7(15)16)5(13-14)8(10,11)12/h3H,1-2H3,(H,15,16). The minimum Gasteiger partial charge on any atom is -0.478 e. The van der Waals surface area contributed by atoms with Crippen LogP contribution in [-0.4, -0.2) is 20.9 Å². The van der Waals surface area contributed by atoms with Gasteiger partial charge in [-0.3, -0.25) is 4.68 Å². The monoisotopic (exact) mass is 256 g/mol. The first-order valence-corrected chi connectivity index (χ1v) is 4.62. The Hall–Kier alpha value is -1.24. The van der Waals surface area contributed by atoms with Crippen molar-refractivity contribution in [3.8, 4) is 0 Å². The van der Waals surface area contributed by atoms with Gasteiger partial charge in [-0.1, -0.05) is 11.6 Å². The van der Waals surface area contributed by atoms with E-state index in [0.29, 0.717) is 0 Å². The van der Waals surface area contributed by atoms with Crippen molar-refractivity contribution >= 4 is 17.6 Å². The van der Waals surface area contributed by atoms with Crippen LogP contribution in [0.3, 0.4) is 0 Å². The zero-order chi connectivity index (χ0) is 12.7. The second-order valence-corrected chi connectivity index (χ2v) is 3.71. The molecule has 0 amide bonds. The fraction of sp³-hybridized carbons (Fsp3) is 0.500. The molecule has 0 bridgehead atoms. The van der Waals surface area contributed by atoms with E-state index in [9.17, 15) is 18.0 Å². The van der Waals surface area contributed by atoms with Crippen LogP contribution < -0.4 is 0 Å². The molecule has 0 aromatic carbocycles. The van der Waals surface area contributed by atoms with Crippen LogP contribution in [0.5, 0.6) is 0 Å². The molecule has 90 valence electrons. The predicted molar refractivity (Wildman–Crippen MR) is 49.6 cm³/mol. The van der Waals surface area contributed by atoms with E-state index in [1.54, 1.807) is 13.8 Å². The summed E-state index contributed by atoms with van der Waals surface area (Å²) < 4.78 is 38.2. The normalized spacial score (nSPS) is 12.2. The fourth-order valence-electron chi connectivity index (χ4n) is 1.14. The van der Waals surface area contributed by atoms with Crippen LogP contribution in [0.1, 0.15) is 35.9 Å². The van der Waals surface area contributed by atoms with Gasteiger partial charge in [0.1, 0.15) is 10.7 Å². The van der Waals surface area contributed by atoms with E-state index in [2.05, 4.69) is 5.10 Å². The maximum atomic E-state index is 12.5. The second-order valence-electron chi connectivity index (χ2n) is 3.36. The van der Waals surface area contributed by atoms with Gasteiger partial charge in [0.05, 0.1) is 0 Å². The number of aromatic carboxylic acids is 1. The van der Waals surface area contributed by atoms with Crippen molar-refractivity contribution in [1.82, 2.24) is 9.78 Å². The van der Waals surface area contributed by atoms with Gasteiger partial charge in [0, 0.05) is 6.04 Å². The average molecular weight is 257 g/mol. The van der Waals surface area contributed by atoms with Crippen molar-refractivity contribution in [3.63, 3.8) is 0 Å². The molecule has 16 heavy (non-hydrogen) atoms. The molecule has 0 fully saturated rings. The Morgan fingerprint density at radius 2 is 2.00 bits per heavy atom. The molecule has 0 spiro atoms. The number of rotatable bonds is 2. The van der Waals surface area contributed by atoms with E-state index in [1.165, 1.54) is 0 Å². The highest BCUT2D eigenvalue weighted by molar-refractivity contribution is 6.32. The summed E-state index contributed by atoms with van der Waals surface area (Å²) in [5.74, 6) is -1.75. The van der Waals surface area contributed by atoms with Gasteiger partial charge in [-0.2, -0.15) is 18.3 Å². The number of hydrogen-bond acceptors (Lipinski definition) is 2. The molecule has 0 aliphatic heterocycles. The number of nitrogens with zero attached hydrogens (tertiary/aromatic N) is 2. The molecule has 0 aliphatic rings. The lowest BCUT2D eigenvalue weighted by Gasteiger charge is -2.06. The molecule has 1 aromatic rings. The van der Waals surface area contributed by atoms with Crippen LogP contribution in [0.25, 0.3) is 0 Å². The highest BCUT2D eigenvalue weighted by Crippen LogP contribution is 2.35. The highest BCUT2D eigenvalue weighted by Gasteiger charge is 2.41. The van der Waals surface area contributed by atoms with Crippen LogP contribution in [0, 0.1) is 0 Å². The van der Waals surface area contributed by atoms with Crippen LogP contribution >= 0.6 is 11.6 Å². The average Bonchev–Trinajstić information content (AvgIpc) is 2.41. The third-order valence-corrected chi connectivity index (χ3v) is 2.19. The third-order valence-electron chi connectivity index (χ3n) is 1.82. The van der Waals surface area contributed by atoms with Gasteiger partial charge in [0.2, 0.25) is 0 Å². The molecule has 1 heterocycles. The topological polar surface area (TPSA) is 55.1 Å². The van der Waals surface area contributed by atoms with E-state index >= 15 is 0 Å². The molecule has 0 saturated carbocycles. The highest BCUT2D eigenvalue weighted by atomic mass is 35.5. The van der Waals surface area contributed by atoms with Crippen molar-refractivity contribution in [2.24, 2.45) is 0 Å². The van der Waals surface area contributed by atoms with Crippen molar-refractivity contribution in [2.75, 3.05) is 0 Å². The molecular formula is C8H8ClF3N2O2. The van der Waals surface area contributed by atoms with Crippen molar-refractivity contribution in [1.29, 1.82) is 0 Å². The number of aromatic nitrogens is 2. The van der Waals surface area contributed by atoms with E-state index in [-0.39, 0.29) is 0 Å².